The maximum atomic E-state index is 12.1. The van der Waals surface area contributed by atoms with E-state index < -0.39 is 0 Å². The number of anilines is 1. The minimum atomic E-state index is -0.199. The second-order valence-corrected chi connectivity index (χ2v) is 3.78. The molecule has 1 rings (SSSR count). The molecule has 1 aromatic rings. The highest BCUT2D eigenvalue weighted by Gasteiger charge is 2.20. The number of nitrogen functional groups attached to an aromatic ring is 1. The Kier molecular flexibility index (Phi) is 4.25. The van der Waals surface area contributed by atoms with Gasteiger partial charge in [-0.2, -0.15) is 0 Å². The smallest absolute Gasteiger partial charge is 0.257 e. The first-order valence-electron chi connectivity index (χ1n) is 5.19. The van der Waals surface area contributed by atoms with Crippen LogP contribution in [-0.4, -0.2) is 40.1 Å². The zero-order valence-corrected chi connectivity index (χ0v) is 9.55. The second kappa shape index (κ2) is 5.46. The van der Waals surface area contributed by atoms with Gasteiger partial charge in [0.2, 0.25) is 0 Å². The summed E-state index contributed by atoms with van der Waals surface area (Å²) in [5, 5.41) is 8.91. The van der Waals surface area contributed by atoms with Crippen molar-refractivity contribution in [2.24, 2.45) is 0 Å². The van der Waals surface area contributed by atoms with Gasteiger partial charge >= 0.3 is 0 Å². The summed E-state index contributed by atoms with van der Waals surface area (Å²) in [6, 6.07) is 1.60. The molecule has 0 spiro atoms. The minimum absolute atomic E-state index is 0.0132. The molecule has 0 unspecified atom stereocenters. The van der Waals surface area contributed by atoms with Crippen LogP contribution in [0.4, 0.5) is 5.69 Å². The molecule has 0 aliphatic rings. The Bertz CT molecular complexity index is 366. The number of pyridine rings is 1. The van der Waals surface area contributed by atoms with Gasteiger partial charge in [-0.1, -0.05) is 0 Å². The number of hydrogen-bond donors (Lipinski definition) is 2. The first-order chi connectivity index (χ1) is 7.57. The summed E-state index contributed by atoms with van der Waals surface area (Å²) >= 11 is 0. The Hall–Kier alpha value is -1.62. The summed E-state index contributed by atoms with van der Waals surface area (Å²) in [7, 11) is 0. The highest BCUT2D eigenvalue weighted by atomic mass is 16.3. The van der Waals surface area contributed by atoms with Crippen LogP contribution in [0.5, 0.6) is 0 Å². The molecule has 0 atom stereocenters. The summed E-state index contributed by atoms with van der Waals surface area (Å²) in [5.41, 5.74) is 6.49. The number of carbonyl (C=O) groups is 1. The third-order valence-corrected chi connectivity index (χ3v) is 2.31. The van der Waals surface area contributed by atoms with Crippen LogP contribution in [0.1, 0.15) is 24.2 Å². The zero-order valence-electron chi connectivity index (χ0n) is 9.55. The van der Waals surface area contributed by atoms with Gasteiger partial charge in [-0.15, -0.1) is 0 Å². The van der Waals surface area contributed by atoms with Gasteiger partial charge in [-0.05, 0) is 19.9 Å². The van der Waals surface area contributed by atoms with E-state index in [4.69, 9.17) is 10.8 Å². The largest absolute Gasteiger partial charge is 0.398 e. The molecule has 0 aromatic carbocycles. The number of nitrogens with zero attached hydrogens (tertiary/aromatic N) is 2. The number of nitrogens with two attached hydrogens (primary N) is 1. The van der Waals surface area contributed by atoms with Crippen molar-refractivity contribution in [1.82, 2.24) is 9.88 Å². The van der Waals surface area contributed by atoms with Gasteiger partial charge in [0, 0.05) is 30.7 Å². The topological polar surface area (TPSA) is 79.5 Å². The van der Waals surface area contributed by atoms with Crippen LogP contribution in [0, 0.1) is 0 Å². The van der Waals surface area contributed by atoms with Crippen molar-refractivity contribution in [3.05, 3.63) is 24.0 Å². The third kappa shape index (κ3) is 2.70. The van der Waals surface area contributed by atoms with E-state index in [1.807, 2.05) is 13.8 Å². The highest BCUT2D eigenvalue weighted by Crippen LogP contribution is 2.13. The standard InChI is InChI=1S/C11H17N3O2/c1-8(2)14(5-6-15)11(16)9-7-13-4-3-10(9)12/h3-4,7-8,15H,5-6H2,1-2H3,(H2,12,13). The van der Waals surface area contributed by atoms with Gasteiger partial charge in [-0.25, -0.2) is 0 Å². The Balaban J connectivity index is 2.95. The van der Waals surface area contributed by atoms with E-state index in [1.54, 1.807) is 11.0 Å². The lowest BCUT2D eigenvalue weighted by molar-refractivity contribution is 0.0666. The predicted molar refractivity (Wildman–Crippen MR) is 61.9 cm³/mol. The molecular weight excluding hydrogens is 206 g/mol. The van der Waals surface area contributed by atoms with Crippen LogP contribution in [0.3, 0.4) is 0 Å². The van der Waals surface area contributed by atoms with Crippen molar-refractivity contribution < 1.29 is 9.90 Å². The van der Waals surface area contributed by atoms with Crippen LogP contribution in [-0.2, 0) is 0 Å². The van der Waals surface area contributed by atoms with E-state index >= 15 is 0 Å². The fraction of sp³-hybridized carbons (Fsp3) is 0.455. The van der Waals surface area contributed by atoms with Gasteiger partial charge in [0.1, 0.15) is 0 Å². The van der Waals surface area contributed by atoms with Gasteiger partial charge in [0.15, 0.2) is 0 Å². The minimum Gasteiger partial charge on any atom is -0.398 e. The monoisotopic (exact) mass is 223 g/mol. The molecule has 0 saturated carbocycles. The quantitative estimate of drug-likeness (QED) is 0.779. The van der Waals surface area contributed by atoms with Crippen LogP contribution in [0.15, 0.2) is 18.5 Å². The molecule has 1 heterocycles. The first kappa shape index (κ1) is 12.4. The van der Waals surface area contributed by atoms with E-state index in [0.29, 0.717) is 17.8 Å². The maximum absolute atomic E-state index is 12.1. The summed E-state index contributed by atoms with van der Waals surface area (Å²) in [6.07, 6.45) is 2.99. The lowest BCUT2D eigenvalue weighted by atomic mass is 10.2. The molecule has 0 saturated heterocycles. The fourth-order valence-corrected chi connectivity index (χ4v) is 1.44. The SMILES string of the molecule is CC(C)N(CCO)C(=O)c1cnccc1N. The van der Waals surface area contributed by atoms with E-state index in [1.165, 1.54) is 12.4 Å². The average Bonchev–Trinajstić information content (AvgIpc) is 2.25. The number of aliphatic hydroxyl groups excluding tert-OH is 1. The van der Waals surface area contributed by atoms with Gasteiger partial charge in [0.05, 0.1) is 12.2 Å². The maximum Gasteiger partial charge on any atom is 0.257 e. The fourth-order valence-electron chi connectivity index (χ4n) is 1.44. The Morgan fingerprint density at radius 3 is 2.81 bits per heavy atom. The van der Waals surface area contributed by atoms with Crippen molar-refractivity contribution in [3.63, 3.8) is 0 Å². The lowest BCUT2D eigenvalue weighted by Gasteiger charge is -2.26. The molecule has 0 fully saturated rings. The Morgan fingerprint density at radius 1 is 1.62 bits per heavy atom. The molecule has 0 aliphatic heterocycles. The number of aliphatic hydroxyl groups is 1. The van der Waals surface area contributed by atoms with Crippen LogP contribution in [0.2, 0.25) is 0 Å². The average molecular weight is 223 g/mol. The molecule has 1 aromatic heterocycles. The number of amides is 1. The molecule has 16 heavy (non-hydrogen) atoms. The number of carbonyl (C=O) groups excluding carboxylic acids is 1. The Morgan fingerprint density at radius 2 is 2.31 bits per heavy atom. The van der Waals surface area contributed by atoms with Gasteiger partial charge in [-0.3, -0.25) is 9.78 Å². The molecule has 0 bridgehead atoms. The lowest BCUT2D eigenvalue weighted by Crippen LogP contribution is -2.39. The molecule has 5 nitrogen and oxygen atoms in total. The zero-order chi connectivity index (χ0) is 12.1. The number of aromatic nitrogens is 1. The molecular formula is C11H17N3O2. The number of rotatable bonds is 4. The molecule has 3 N–H and O–H groups in total. The normalized spacial score (nSPS) is 10.5. The van der Waals surface area contributed by atoms with Crippen molar-refractivity contribution in [3.8, 4) is 0 Å². The molecule has 88 valence electrons. The number of hydrogen-bond acceptors (Lipinski definition) is 4. The summed E-state index contributed by atoms with van der Waals surface area (Å²) in [6.45, 7) is 4.01. The second-order valence-electron chi connectivity index (χ2n) is 3.78. The van der Waals surface area contributed by atoms with Crippen molar-refractivity contribution in [1.29, 1.82) is 0 Å². The molecule has 0 radical (unpaired) electrons. The summed E-state index contributed by atoms with van der Waals surface area (Å²) in [4.78, 5) is 17.5. The van der Waals surface area contributed by atoms with E-state index in [2.05, 4.69) is 4.98 Å². The molecule has 0 aliphatic carbocycles. The van der Waals surface area contributed by atoms with Crippen molar-refractivity contribution in [2.45, 2.75) is 19.9 Å². The molecule has 1 amide bonds. The van der Waals surface area contributed by atoms with Gasteiger partial charge < -0.3 is 15.7 Å². The molecule has 5 heteroatoms. The van der Waals surface area contributed by atoms with Crippen molar-refractivity contribution in [2.75, 3.05) is 18.9 Å². The first-order valence-corrected chi connectivity index (χ1v) is 5.19. The highest BCUT2D eigenvalue weighted by molar-refractivity contribution is 5.98. The van der Waals surface area contributed by atoms with Crippen molar-refractivity contribution >= 4 is 11.6 Å². The van der Waals surface area contributed by atoms with Crippen LogP contribution < -0.4 is 5.73 Å². The van der Waals surface area contributed by atoms with Gasteiger partial charge in [0.25, 0.3) is 5.91 Å². The summed E-state index contributed by atoms with van der Waals surface area (Å²) in [5.74, 6) is -0.199. The predicted octanol–water partition coefficient (Wildman–Crippen LogP) is 0.507. The van der Waals surface area contributed by atoms with E-state index in [0.717, 1.165) is 0 Å². The van der Waals surface area contributed by atoms with E-state index in [-0.39, 0.29) is 18.6 Å². The van der Waals surface area contributed by atoms with Crippen LogP contribution in [0.25, 0.3) is 0 Å². The van der Waals surface area contributed by atoms with E-state index in [9.17, 15) is 4.79 Å². The third-order valence-electron chi connectivity index (χ3n) is 2.31. The Labute approximate surface area is 94.9 Å². The summed E-state index contributed by atoms with van der Waals surface area (Å²) < 4.78 is 0. The van der Waals surface area contributed by atoms with Crippen LogP contribution >= 0.6 is 0 Å².